The molecule has 0 aromatic carbocycles. The van der Waals surface area contributed by atoms with Crippen LogP contribution in [0.5, 0.6) is 0 Å². The number of rotatable bonds is 1. The van der Waals surface area contributed by atoms with Gasteiger partial charge in [0.25, 0.3) is 0 Å². The van der Waals surface area contributed by atoms with E-state index in [0.717, 1.165) is 18.3 Å². The standard InChI is InChI=1S/C15H28O/c1-11-5-8-14(9-6-11)15(16)10-12(2)4-7-13(15)3/h11-14,16H,4-10H2,1-3H3. The van der Waals surface area contributed by atoms with Crippen molar-refractivity contribution in [2.75, 3.05) is 0 Å². The van der Waals surface area contributed by atoms with Gasteiger partial charge in [-0.2, -0.15) is 0 Å². The van der Waals surface area contributed by atoms with E-state index in [-0.39, 0.29) is 5.60 Å². The topological polar surface area (TPSA) is 20.2 Å². The Labute approximate surface area is 101 Å². The SMILES string of the molecule is CC1CCC(C2(O)CC(C)CCC2C)CC1. The van der Waals surface area contributed by atoms with Gasteiger partial charge in [-0.15, -0.1) is 0 Å². The second-order valence-electron chi connectivity index (χ2n) is 6.74. The van der Waals surface area contributed by atoms with Crippen molar-refractivity contribution in [2.45, 2.75) is 71.3 Å². The third-order valence-electron chi connectivity index (χ3n) is 5.34. The summed E-state index contributed by atoms with van der Waals surface area (Å²) in [6.45, 7) is 6.93. The second-order valence-corrected chi connectivity index (χ2v) is 6.74. The molecule has 94 valence electrons. The summed E-state index contributed by atoms with van der Waals surface area (Å²) in [5, 5.41) is 11.0. The molecular formula is C15H28O. The van der Waals surface area contributed by atoms with E-state index in [9.17, 15) is 5.11 Å². The van der Waals surface area contributed by atoms with Crippen molar-refractivity contribution in [1.29, 1.82) is 0 Å². The molecule has 0 aromatic heterocycles. The van der Waals surface area contributed by atoms with Crippen LogP contribution in [0.25, 0.3) is 0 Å². The molecular weight excluding hydrogens is 196 g/mol. The van der Waals surface area contributed by atoms with Crippen molar-refractivity contribution in [2.24, 2.45) is 23.7 Å². The Morgan fingerprint density at radius 3 is 2.00 bits per heavy atom. The van der Waals surface area contributed by atoms with E-state index in [0.29, 0.717) is 11.8 Å². The minimum absolute atomic E-state index is 0.336. The molecule has 2 rings (SSSR count). The van der Waals surface area contributed by atoms with E-state index in [1.54, 1.807) is 0 Å². The number of aliphatic hydroxyl groups is 1. The first kappa shape index (κ1) is 12.4. The Kier molecular flexibility index (Phi) is 3.63. The lowest BCUT2D eigenvalue weighted by atomic mass is 9.62. The fraction of sp³-hybridized carbons (Fsp3) is 1.00. The van der Waals surface area contributed by atoms with Gasteiger partial charge in [-0.05, 0) is 49.4 Å². The molecule has 3 atom stereocenters. The first-order valence-electron chi connectivity index (χ1n) is 7.24. The smallest absolute Gasteiger partial charge is 0.0703 e. The van der Waals surface area contributed by atoms with Crippen LogP contribution in [0.3, 0.4) is 0 Å². The first-order chi connectivity index (χ1) is 7.52. The van der Waals surface area contributed by atoms with Gasteiger partial charge in [0.2, 0.25) is 0 Å². The van der Waals surface area contributed by atoms with Gasteiger partial charge >= 0.3 is 0 Å². The molecule has 0 spiro atoms. The van der Waals surface area contributed by atoms with E-state index in [2.05, 4.69) is 20.8 Å². The van der Waals surface area contributed by atoms with Gasteiger partial charge in [-0.1, -0.05) is 40.0 Å². The Hall–Kier alpha value is -0.0400. The van der Waals surface area contributed by atoms with Crippen LogP contribution in [0.2, 0.25) is 0 Å². The van der Waals surface area contributed by atoms with Crippen LogP contribution in [-0.2, 0) is 0 Å². The van der Waals surface area contributed by atoms with Crippen molar-refractivity contribution in [3.8, 4) is 0 Å². The summed E-state index contributed by atoms with van der Waals surface area (Å²) in [5.41, 5.74) is -0.336. The van der Waals surface area contributed by atoms with Crippen molar-refractivity contribution in [1.82, 2.24) is 0 Å². The summed E-state index contributed by atoms with van der Waals surface area (Å²) in [4.78, 5) is 0. The van der Waals surface area contributed by atoms with E-state index in [1.807, 2.05) is 0 Å². The average Bonchev–Trinajstić information content (AvgIpc) is 2.25. The molecule has 0 heterocycles. The summed E-state index contributed by atoms with van der Waals surface area (Å²) < 4.78 is 0. The summed E-state index contributed by atoms with van der Waals surface area (Å²) in [6.07, 6.45) is 8.76. The third kappa shape index (κ3) is 2.30. The molecule has 2 saturated carbocycles. The largest absolute Gasteiger partial charge is 0.389 e. The van der Waals surface area contributed by atoms with Crippen molar-refractivity contribution >= 4 is 0 Å². The van der Waals surface area contributed by atoms with Crippen LogP contribution >= 0.6 is 0 Å². The van der Waals surface area contributed by atoms with Gasteiger partial charge in [0.15, 0.2) is 0 Å². The molecule has 0 aromatic rings. The molecule has 0 amide bonds. The van der Waals surface area contributed by atoms with Crippen LogP contribution in [0.4, 0.5) is 0 Å². The highest BCUT2D eigenvalue weighted by molar-refractivity contribution is 4.96. The lowest BCUT2D eigenvalue weighted by Crippen LogP contribution is -2.49. The fourth-order valence-electron chi connectivity index (χ4n) is 3.97. The zero-order chi connectivity index (χ0) is 11.8. The molecule has 2 aliphatic rings. The van der Waals surface area contributed by atoms with Crippen molar-refractivity contribution < 1.29 is 5.11 Å². The van der Waals surface area contributed by atoms with E-state index in [4.69, 9.17) is 0 Å². The zero-order valence-electron chi connectivity index (χ0n) is 11.2. The van der Waals surface area contributed by atoms with E-state index >= 15 is 0 Å². The summed E-state index contributed by atoms with van der Waals surface area (Å²) in [5.74, 6) is 2.71. The molecule has 1 heteroatoms. The molecule has 0 bridgehead atoms. The second kappa shape index (κ2) is 4.68. The minimum atomic E-state index is -0.336. The Morgan fingerprint density at radius 2 is 1.38 bits per heavy atom. The maximum Gasteiger partial charge on any atom is 0.0703 e. The molecule has 1 nitrogen and oxygen atoms in total. The number of hydrogen-bond donors (Lipinski definition) is 1. The van der Waals surface area contributed by atoms with E-state index in [1.165, 1.54) is 38.5 Å². The molecule has 0 saturated heterocycles. The van der Waals surface area contributed by atoms with E-state index < -0.39 is 0 Å². The Bertz CT molecular complexity index is 230. The van der Waals surface area contributed by atoms with Crippen LogP contribution in [0.1, 0.15) is 65.7 Å². The van der Waals surface area contributed by atoms with Crippen molar-refractivity contribution in [3.63, 3.8) is 0 Å². The Balaban J connectivity index is 2.04. The lowest BCUT2D eigenvalue weighted by Gasteiger charge is -2.48. The summed E-state index contributed by atoms with van der Waals surface area (Å²) >= 11 is 0. The molecule has 0 aliphatic heterocycles. The van der Waals surface area contributed by atoms with Gasteiger partial charge in [0.05, 0.1) is 5.60 Å². The average molecular weight is 224 g/mol. The van der Waals surface area contributed by atoms with Gasteiger partial charge in [-0.3, -0.25) is 0 Å². The highest BCUT2D eigenvalue weighted by atomic mass is 16.3. The van der Waals surface area contributed by atoms with Crippen molar-refractivity contribution in [3.05, 3.63) is 0 Å². The van der Waals surface area contributed by atoms with Crippen LogP contribution < -0.4 is 0 Å². The molecule has 2 fully saturated rings. The number of hydrogen-bond acceptors (Lipinski definition) is 1. The van der Waals surface area contributed by atoms with Gasteiger partial charge < -0.3 is 5.11 Å². The third-order valence-corrected chi connectivity index (χ3v) is 5.34. The van der Waals surface area contributed by atoms with Gasteiger partial charge in [-0.25, -0.2) is 0 Å². The highest BCUT2D eigenvalue weighted by Crippen LogP contribution is 2.47. The predicted octanol–water partition coefficient (Wildman–Crippen LogP) is 4.00. The quantitative estimate of drug-likeness (QED) is 0.714. The first-order valence-corrected chi connectivity index (χ1v) is 7.24. The zero-order valence-corrected chi connectivity index (χ0v) is 11.2. The molecule has 0 radical (unpaired) electrons. The molecule has 16 heavy (non-hydrogen) atoms. The predicted molar refractivity (Wildman–Crippen MR) is 68.3 cm³/mol. The van der Waals surface area contributed by atoms with Crippen LogP contribution in [-0.4, -0.2) is 10.7 Å². The van der Waals surface area contributed by atoms with Gasteiger partial charge in [0.1, 0.15) is 0 Å². The maximum atomic E-state index is 11.0. The molecule has 3 unspecified atom stereocenters. The summed E-state index contributed by atoms with van der Waals surface area (Å²) in [6, 6.07) is 0. The highest BCUT2D eigenvalue weighted by Gasteiger charge is 2.45. The van der Waals surface area contributed by atoms with Crippen LogP contribution in [0, 0.1) is 23.7 Å². The molecule has 2 aliphatic carbocycles. The summed E-state index contributed by atoms with van der Waals surface area (Å²) in [7, 11) is 0. The minimum Gasteiger partial charge on any atom is -0.389 e. The van der Waals surface area contributed by atoms with Gasteiger partial charge in [0, 0.05) is 0 Å². The van der Waals surface area contributed by atoms with Crippen LogP contribution in [0.15, 0.2) is 0 Å². The normalized spacial score (nSPS) is 50.2. The fourth-order valence-corrected chi connectivity index (χ4v) is 3.97. The lowest BCUT2D eigenvalue weighted by molar-refractivity contribution is -0.113. The maximum absolute atomic E-state index is 11.0. The monoisotopic (exact) mass is 224 g/mol. The molecule has 1 N–H and O–H groups in total. The Morgan fingerprint density at radius 1 is 0.812 bits per heavy atom.